The lowest BCUT2D eigenvalue weighted by Crippen LogP contribution is -2.29. The lowest BCUT2D eigenvalue weighted by molar-refractivity contribution is 0.480. The maximum atomic E-state index is 12.4. The number of nitrogens with two attached hydrogens (primary N) is 1. The number of benzene rings is 1. The van der Waals surface area contributed by atoms with Gasteiger partial charge in [0.15, 0.2) is 5.65 Å². The van der Waals surface area contributed by atoms with Gasteiger partial charge in [0.1, 0.15) is 5.39 Å². The lowest BCUT2D eigenvalue weighted by atomic mass is 9.99. The molecule has 0 saturated heterocycles. The zero-order chi connectivity index (χ0) is 14.8. The first-order valence-electron chi connectivity index (χ1n) is 6.71. The lowest BCUT2D eigenvalue weighted by Gasteiger charge is -2.15. The summed E-state index contributed by atoms with van der Waals surface area (Å²) in [6.07, 6.45) is 1.52. The van der Waals surface area contributed by atoms with Crippen molar-refractivity contribution in [3.05, 3.63) is 52.4 Å². The fourth-order valence-corrected chi connectivity index (χ4v) is 2.35. The summed E-state index contributed by atoms with van der Waals surface area (Å²) in [6, 6.07) is 9.86. The summed E-state index contributed by atoms with van der Waals surface area (Å²) in [5.74, 6) is 0.0207. The molecule has 0 aliphatic rings. The molecule has 2 N–H and O–H groups in total. The van der Waals surface area contributed by atoms with Gasteiger partial charge < -0.3 is 5.73 Å². The van der Waals surface area contributed by atoms with E-state index in [0.717, 1.165) is 5.56 Å². The predicted molar refractivity (Wildman–Crippen MR) is 78.8 cm³/mol. The topological polar surface area (TPSA) is 91.6 Å². The normalized spacial score (nSPS) is 12.7. The van der Waals surface area contributed by atoms with Gasteiger partial charge in [-0.15, -0.1) is 5.10 Å². The van der Waals surface area contributed by atoms with Crippen molar-refractivity contribution >= 4 is 11.0 Å². The second kappa shape index (κ2) is 5.45. The van der Waals surface area contributed by atoms with E-state index in [1.807, 2.05) is 30.3 Å². The minimum Gasteiger partial charge on any atom is -0.330 e. The first-order chi connectivity index (χ1) is 10.2. The molecule has 0 amide bonds. The van der Waals surface area contributed by atoms with E-state index in [1.54, 1.807) is 7.05 Å². The van der Waals surface area contributed by atoms with Crippen molar-refractivity contribution in [2.24, 2.45) is 12.8 Å². The summed E-state index contributed by atoms with van der Waals surface area (Å²) in [5, 5.41) is 12.5. The van der Waals surface area contributed by atoms with Crippen LogP contribution < -0.4 is 11.3 Å². The molecule has 3 rings (SSSR count). The Morgan fingerprint density at radius 1 is 1.29 bits per heavy atom. The molecule has 21 heavy (non-hydrogen) atoms. The quantitative estimate of drug-likeness (QED) is 0.742. The van der Waals surface area contributed by atoms with Gasteiger partial charge in [-0.05, 0) is 5.56 Å². The summed E-state index contributed by atoms with van der Waals surface area (Å²) >= 11 is 0. The van der Waals surface area contributed by atoms with Crippen LogP contribution >= 0.6 is 0 Å². The first kappa shape index (κ1) is 13.4. The van der Waals surface area contributed by atoms with Crippen LogP contribution in [0.2, 0.25) is 0 Å². The standard InChI is InChI=1S/C14H16N6O/c1-19-13-12(8-16-19)14(21)20(18-17-13)9-11(7-15)10-5-3-2-4-6-10/h2-6,8,11H,7,9,15H2,1H3. The highest BCUT2D eigenvalue weighted by Gasteiger charge is 2.15. The van der Waals surface area contributed by atoms with Crippen LogP contribution in [0.4, 0.5) is 0 Å². The van der Waals surface area contributed by atoms with Crippen molar-refractivity contribution in [2.75, 3.05) is 6.54 Å². The third-order valence-corrected chi connectivity index (χ3v) is 3.57. The van der Waals surface area contributed by atoms with Crippen LogP contribution in [-0.4, -0.2) is 31.3 Å². The molecule has 7 nitrogen and oxygen atoms in total. The first-order valence-corrected chi connectivity index (χ1v) is 6.71. The third kappa shape index (κ3) is 2.43. The van der Waals surface area contributed by atoms with E-state index in [1.165, 1.54) is 15.6 Å². The van der Waals surface area contributed by atoms with Crippen LogP contribution in [0.25, 0.3) is 11.0 Å². The second-order valence-corrected chi connectivity index (χ2v) is 4.93. The summed E-state index contributed by atoms with van der Waals surface area (Å²) in [6.45, 7) is 0.834. The molecule has 7 heteroatoms. The number of rotatable bonds is 4. The average Bonchev–Trinajstić information content (AvgIpc) is 2.90. The Balaban J connectivity index is 1.97. The van der Waals surface area contributed by atoms with E-state index in [-0.39, 0.29) is 11.5 Å². The van der Waals surface area contributed by atoms with Crippen molar-refractivity contribution in [1.82, 2.24) is 24.8 Å². The number of hydrogen-bond donors (Lipinski definition) is 1. The number of nitrogens with zero attached hydrogens (tertiary/aromatic N) is 5. The van der Waals surface area contributed by atoms with Crippen LogP contribution in [-0.2, 0) is 13.6 Å². The number of aryl methyl sites for hydroxylation is 1. The van der Waals surface area contributed by atoms with Crippen LogP contribution in [0.5, 0.6) is 0 Å². The molecule has 3 aromatic rings. The maximum absolute atomic E-state index is 12.4. The molecule has 0 bridgehead atoms. The SMILES string of the molecule is Cn1ncc2c(=O)n(CC(CN)c3ccccc3)nnc21. The molecule has 1 aromatic carbocycles. The van der Waals surface area contributed by atoms with E-state index >= 15 is 0 Å². The summed E-state index contributed by atoms with van der Waals surface area (Å²) < 4.78 is 2.89. The number of hydrogen-bond acceptors (Lipinski definition) is 5. The molecule has 2 heterocycles. The van der Waals surface area contributed by atoms with Crippen molar-refractivity contribution in [3.8, 4) is 0 Å². The minimum atomic E-state index is -0.192. The Kier molecular flexibility index (Phi) is 3.49. The molecule has 2 aromatic heterocycles. The largest absolute Gasteiger partial charge is 0.330 e. The summed E-state index contributed by atoms with van der Waals surface area (Å²) in [7, 11) is 1.73. The van der Waals surface area contributed by atoms with E-state index in [2.05, 4.69) is 15.4 Å². The molecule has 1 unspecified atom stereocenters. The molecule has 108 valence electrons. The van der Waals surface area contributed by atoms with Gasteiger partial charge in [-0.3, -0.25) is 4.79 Å². The fraction of sp³-hybridized carbons (Fsp3) is 0.286. The number of aromatic nitrogens is 5. The Bertz CT molecular complexity index is 807. The van der Waals surface area contributed by atoms with Gasteiger partial charge in [0.2, 0.25) is 0 Å². The average molecular weight is 284 g/mol. The third-order valence-electron chi connectivity index (χ3n) is 3.57. The van der Waals surface area contributed by atoms with Gasteiger partial charge in [-0.25, -0.2) is 9.36 Å². The highest BCUT2D eigenvalue weighted by molar-refractivity contribution is 5.72. The zero-order valence-electron chi connectivity index (χ0n) is 11.7. The smallest absolute Gasteiger partial charge is 0.280 e. The molecular weight excluding hydrogens is 268 g/mol. The minimum absolute atomic E-state index is 0.0207. The molecule has 0 saturated carbocycles. The molecule has 1 atom stereocenters. The van der Waals surface area contributed by atoms with Gasteiger partial charge in [-0.2, -0.15) is 5.10 Å². The van der Waals surface area contributed by atoms with Crippen molar-refractivity contribution in [3.63, 3.8) is 0 Å². The molecule has 0 aliphatic heterocycles. The van der Waals surface area contributed by atoms with Gasteiger partial charge in [-0.1, -0.05) is 35.5 Å². The summed E-state index contributed by atoms with van der Waals surface area (Å²) in [4.78, 5) is 12.4. The molecule has 0 spiro atoms. The van der Waals surface area contributed by atoms with E-state index in [4.69, 9.17) is 5.73 Å². The van der Waals surface area contributed by atoms with E-state index < -0.39 is 0 Å². The Labute approximate surface area is 121 Å². The molecular formula is C14H16N6O. The van der Waals surface area contributed by atoms with Crippen LogP contribution in [0, 0.1) is 0 Å². The maximum Gasteiger partial charge on any atom is 0.280 e. The highest BCUT2D eigenvalue weighted by Crippen LogP contribution is 2.15. The monoisotopic (exact) mass is 284 g/mol. The summed E-state index contributed by atoms with van der Waals surface area (Å²) in [5.41, 5.74) is 7.22. The zero-order valence-corrected chi connectivity index (χ0v) is 11.7. The van der Waals surface area contributed by atoms with Crippen molar-refractivity contribution in [2.45, 2.75) is 12.5 Å². The number of fused-ring (bicyclic) bond motifs is 1. The molecule has 0 fully saturated rings. The van der Waals surface area contributed by atoms with E-state index in [9.17, 15) is 4.79 Å². The van der Waals surface area contributed by atoms with Gasteiger partial charge in [0, 0.05) is 19.5 Å². The molecule has 0 radical (unpaired) electrons. The second-order valence-electron chi connectivity index (χ2n) is 4.93. The fourth-order valence-electron chi connectivity index (χ4n) is 2.35. The highest BCUT2D eigenvalue weighted by atomic mass is 16.1. The van der Waals surface area contributed by atoms with Crippen LogP contribution in [0.1, 0.15) is 11.5 Å². The Hall–Kier alpha value is -2.54. The Morgan fingerprint density at radius 2 is 2.05 bits per heavy atom. The Morgan fingerprint density at radius 3 is 2.76 bits per heavy atom. The van der Waals surface area contributed by atoms with Gasteiger partial charge in [0.25, 0.3) is 5.56 Å². The van der Waals surface area contributed by atoms with Gasteiger partial charge >= 0.3 is 0 Å². The van der Waals surface area contributed by atoms with Crippen molar-refractivity contribution in [1.29, 1.82) is 0 Å². The van der Waals surface area contributed by atoms with Crippen molar-refractivity contribution < 1.29 is 0 Å². The van der Waals surface area contributed by atoms with E-state index in [0.29, 0.717) is 24.1 Å². The molecule has 0 aliphatic carbocycles. The van der Waals surface area contributed by atoms with Crippen LogP contribution in [0.3, 0.4) is 0 Å². The predicted octanol–water partition coefficient (Wildman–Crippen LogP) is 0.268. The van der Waals surface area contributed by atoms with Gasteiger partial charge in [0.05, 0.1) is 12.7 Å². The van der Waals surface area contributed by atoms with Crippen LogP contribution in [0.15, 0.2) is 41.3 Å².